The molecule has 3 aromatic carbocycles. The van der Waals surface area contributed by atoms with Crippen LogP contribution in [0, 0.1) is 6.92 Å². The minimum Gasteiger partial charge on any atom is -0.507 e. The number of ketones is 1. The smallest absolute Gasteiger partial charge is 0.295 e. The van der Waals surface area contributed by atoms with Crippen LogP contribution in [0.2, 0.25) is 5.02 Å². The summed E-state index contributed by atoms with van der Waals surface area (Å²) in [5.41, 5.74) is 4.13. The number of nitrogens with zero attached hydrogens (tertiary/aromatic N) is 2. The number of ether oxygens (including phenoxy) is 1. The summed E-state index contributed by atoms with van der Waals surface area (Å²) in [6.07, 6.45) is 3.26. The Morgan fingerprint density at radius 1 is 0.947 bits per heavy atom. The van der Waals surface area contributed by atoms with Crippen LogP contribution in [0.5, 0.6) is 5.75 Å². The first-order valence-corrected chi connectivity index (χ1v) is 12.5. The van der Waals surface area contributed by atoms with E-state index in [1.54, 1.807) is 73.1 Å². The van der Waals surface area contributed by atoms with Gasteiger partial charge in [-0.05, 0) is 72.1 Å². The van der Waals surface area contributed by atoms with E-state index in [1.807, 2.05) is 25.1 Å². The molecule has 0 bridgehead atoms. The Labute approximate surface area is 225 Å². The first-order valence-electron chi connectivity index (χ1n) is 12.1. The van der Waals surface area contributed by atoms with Crippen molar-refractivity contribution in [2.45, 2.75) is 26.1 Å². The van der Waals surface area contributed by atoms with E-state index < -0.39 is 17.7 Å². The molecule has 1 aliphatic rings. The predicted octanol–water partition coefficient (Wildman–Crippen LogP) is 6.24. The number of Topliss-reactive ketones (excluding diaryl/α,β-unsaturated/α-hetero) is 1. The third-order valence-electron chi connectivity index (χ3n) is 6.44. The molecule has 1 N–H and O–H groups in total. The first kappa shape index (κ1) is 25.2. The molecule has 7 heteroatoms. The summed E-state index contributed by atoms with van der Waals surface area (Å²) in [5, 5.41) is 11.8. The SMILES string of the molecule is Cc1cccc(COc2ccc(C(O)=C3C(=O)C(=O)N(Cc4ccncc4)[C@@H]3c3ccc(Cl)cc3)cc2)c1. The van der Waals surface area contributed by atoms with Crippen molar-refractivity contribution in [2.24, 2.45) is 0 Å². The summed E-state index contributed by atoms with van der Waals surface area (Å²) in [7, 11) is 0. The zero-order valence-corrected chi connectivity index (χ0v) is 21.4. The van der Waals surface area contributed by atoms with Gasteiger partial charge in [-0.1, -0.05) is 53.6 Å². The summed E-state index contributed by atoms with van der Waals surface area (Å²) in [6.45, 7) is 2.62. The molecule has 1 fully saturated rings. The van der Waals surface area contributed by atoms with Crippen molar-refractivity contribution < 1.29 is 19.4 Å². The lowest BCUT2D eigenvalue weighted by atomic mass is 9.95. The van der Waals surface area contributed by atoms with Gasteiger partial charge in [0.2, 0.25) is 0 Å². The maximum atomic E-state index is 13.3. The third kappa shape index (κ3) is 5.31. The zero-order chi connectivity index (χ0) is 26.6. The number of hydrogen-bond acceptors (Lipinski definition) is 5. The molecule has 0 unspecified atom stereocenters. The fourth-order valence-corrected chi connectivity index (χ4v) is 4.68. The van der Waals surface area contributed by atoms with Crippen molar-refractivity contribution in [3.63, 3.8) is 0 Å². The molecule has 0 saturated carbocycles. The van der Waals surface area contributed by atoms with Crippen LogP contribution in [-0.4, -0.2) is 26.7 Å². The van der Waals surface area contributed by atoms with Gasteiger partial charge in [0, 0.05) is 29.5 Å². The lowest BCUT2D eigenvalue weighted by Crippen LogP contribution is -2.29. The minimum absolute atomic E-state index is 0.0276. The molecule has 0 aliphatic carbocycles. The number of benzene rings is 3. The van der Waals surface area contributed by atoms with Gasteiger partial charge in [0.05, 0.1) is 11.6 Å². The molecule has 1 aromatic heterocycles. The van der Waals surface area contributed by atoms with Gasteiger partial charge < -0.3 is 14.7 Å². The van der Waals surface area contributed by atoms with E-state index in [2.05, 4.69) is 11.1 Å². The van der Waals surface area contributed by atoms with E-state index in [1.165, 1.54) is 4.90 Å². The van der Waals surface area contributed by atoms with Gasteiger partial charge in [0.25, 0.3) is 11.7 Å². The van der Waals surface area contributed by atoms with Crippen molar-refractivity contribution in [1.82, 2.24) is 9.88 Å². The number of aliphatic hydroxyl groups is 1. The molecule has 190 valence electrons. The quantitative estimate of drug-likeness (QED) is 0.176. The molecule has 6 nitrogen and oxygen atoms in total. The lowest BCUT2D eigenvalue weighted by Gasteiger charge is -2.25. The number of likely N-dealkylation sites (tertiary alicyclic amines) is 1. The predicted molar refractivity (Wildman–Crippen MR) is 145 cm³/mol. The fourth-order valence-electron chi connectivity index (χ4n) is 4.55. The number of halogens is 1. The maximum Gasteiger partial charge on any atom is 0.295 e. The number of aryl methyl sites for hydroxylation is 1. The molecular weight excluding hydrogens is 500 g/mol. The normalized spacial score (nSPS) is 16.6. The van der Waals surface area contributed by atoms with Crippen LogP contribution >= 0.6 is 11.6 Å². The Bertz CT molecular complexity index is 1500. The number of carbonyl (C=O) groups is 2. The van der Waals surface area contributed by atoms with Gasteiger partial charge in [-0.3, -0.25) is 14.6 Å². The van der Waals surface area contributed by atoms with Gasteiger partial charge >= 0.3 is 0 Å². The summed E-state index contributed by atoms with van der Waals surface area (Å²) >= 11 is 6.10. The van der Waals surface area contributed by atoms with E-state index in [4.69, 9.17) is 16.3 Å². The molecule has 1 saturated heterocycles. The highest BCUT2D eigenvalue weighted by Gasteiger charge is 2.46. The zero-order valence-electron chi connectivity index (χ0n) is 20.7. The molecule has 2 heterocycles. The van der Waals surface area contributed by atoms with E-state index >= 15 is 0 Å². The Hall–Kier alpha value is -4.42. The van der Waals surface area contributed by atoms with Gasteiger partial charge in [0.1, 0.15) is 18.1 Å². The van der Waals surface area contributed by atoms with Crippen LogP contribution in [-0.2, 0) is 22.7 Å². The van der Waals surface area contributed by atoms with E-state index in [0.717, 1.165) is 16.7 Å². The number of hydrogen-bond donors (Lipinski definition) is 1. The molecule has 4 aromatic rings. The molecule has 38 heavy (non-hydrogen) atoms. The number of amides is 1. The molecule has 5 rings (SSSR count). The van der Waals surface area contributed by atoms with Gasteiger partial charge in [-0.2, -0.15) is 0 Å². The van der Waals surface area contributed by atoms with E-state index in [0.29, 0.717) is 28.5 Å². The van der Waals surface area contributed by atoms with Crippen LogP contribution in [0.25, 0.3) is 5.76 Å². The minimum atomic E-state index is -0.780. The highest BCUT2D eigenvalue weighted by Crippen LogP contribution is 2.40. The van der Waals surface area contributed by atoms with Gasteiger partial charge in [0.15, 0.2) is 0 Å². The standard InChI is InChI=1S/C31H25ClN2O4/c1-20-3-2-4-22(17-20)19-38-26-11-7-24(8-12-26)29(35)27-28(23-5-9-25(32)10-6-23)34(31(37)30(27)36)18-21-13-15-33-16-14-21/h2-17,28,35H,18-19H2,1H3/t28-/m1/s1. The number of pyridine rings is 1. The van der Waals surface area contributed by atoms with Crippen LogP contribution in [0.4, 0.5) is 0 Å². The second kappa shape index (κ2) is 10.9. The van der Waals surface area contributed by atoms with Crippen molar-refractivity contribution >= 4 is 29.1 Å². The summed E-state index contributed by atoms with van der Waals surface area (Å²) in [6, 6.07) is 24.6. The van der Waals surface area contributed by atoms with Gasteiger partial charge in [-0.15, -0.1) is 0 Å². The molecule has 1 amide bonds. The molecule has 1 aliphatic heterocycles. The summed E-state index contributed by atoms with van der Waals surface area (Å²) < 4.78 is 5.89. The molecule has 0 radical (unpaired) electrons. The average Bonchev–Trinajstić information content (AvgIpc) is 3.18. The van der Waals surface area contributed by atoms with E-state index in [-0.39, 0.29) is 17.9 Å². The first-order chi connectivity index (χ1) is 18.4. The Balaban J connectivity index is 1.47. The van der Waals surface area contributed by atoms with Crippen molar-refractivity contribution in [3.8, 4) is 5.75 Å². The topological polar surface area (TPSA) is 79.7 Å². The average molecular weight is 525 g/mol. The maximum absolute atomic E-state index is 13.3. The van der Waals surface area contributed by atoms with Crippen molar-refractivity contribution in [1.29, 1.82) is 0 Å². The van der Waals surface area contributed by atoms with Crippen LogP contribution in [0.3, 0.4) is 0 Å². The van der Waals surface area contributed by atoms with Crippen molar-refractivity contribution in [3.05, 3.63) is 136 Å². The van der Waals surface area contributed by atoms with Gasteiger partial charge in [-0.25, -0.2) is 0 Å². The Morgan fingerprint density at radius 2 is 1.66 bits per heavy atom. The number of carbonyl (C=O) groups excluding carboxylic acids is 2. The lowest BCUT2D eigenvalue weighted by molar-refractivity contribution is -0.140. The Morgan fingerprint density at radius 3 is 2.34 bits per heavy atom. The second-order valence-electron chi connectivity index (χ2n) is 9.14. The van der Waals surface area contributed by atoms with Crippen LogP contribution in [0.15, 0.2) is 103 Å². The summed E-state index contributed by atoms with van der Waals surface area (Å²) in [4.78, 5) is 31.9. The molecule has 0 spiro atoms. The highest BCUT2D eigenvalue weighted by molar-refractivity contribution is 6.46. The number of rotatable bonds is 7. The molecule has 1 atom stereocenters. The number of aliphatic hydroxyl groups excluding tert-OH is 1. The van der Waals surface area contributed by atoms with Crippen LogP contribution in [0.1, 0.15) is 33.9 Å². The third-order valence-corrected chi connectivity index (χ3v) is 6.70. The monoisotopic (exact) mass is 524 g/mol. The Kier molecular flexibility index (Phi) is 7.24. The fraction of sp³-hybridized carbons (Fsp3) is 0.129. The van der Waals surface area contributed by atoms with E-state index in [9.17, 15) is 14.7 Å². The van der Waals surface area contributed by atoms with Crippen LogP contribution < -0.4 is 4.74 Å². The molecular formula is C31H25ClN2O4. The highest BCUT2D eigenvalue weighted by atomic mass is 35.5. The van der Waals surface area contributed by atoms with Crippen molar-refractivity contribution in [2.75, 3.05) is 0 Å². The largest absolute Gasteiger partial charge is 0.507 e. The number of aromatic nitrogens is 1. The summed E-state index contributed by atoms with van der Waals surface area (Å²) in [5.74, 6) is -1.04. The second-order valence-corrected chi connectivity index (χ2v) is 9.57.